The van der Waals surface area contributed by atoms with E-state index in [4.69, 9.17) is 18.9 Å². The largest absolute Gasteiger partial charge is 0.545 e. The summed E-state index contributed by atoms with van der Waals surface area (Å²) in [5.41, 5.74) is 0. The molecular weight excluding hydrogens is 803 g/mol. The molecule has 0 spiro atoms. The number of carboxylic acid groups (broad SMARTS) is 1. The molecular formula is C55H101NO8. The van der Waals surface area contributed by atoms with Crippen molar-refractivity contribution < 1.29 is 42.9 Å². The maximum atomic E-state index is 12.8. The lowest BCUT2D eigenvalue weighted by atomic mass is 10.0. The van der Waals surface area contributed by atoms with Gasteiger partial charge in [-0.1, -0.05) is 192 Å². The Bertz CT molecular complexity index is 1150. The first-order valence-electron chi connectivity index (χ1n) is 26.6. The minimum atomic E-state index is -1.62. The van der Waals surface area contributed by atoms with Crippen LogP contribution in [-0.2, 0) is 33.3 Å². The number of esters is 2. The van der Waals surface area contributed by atoms with Crippen LogP contribution in [0.3, 0.4) is 0 Å². The van der Waals surface area contributed by atoms with Crippen molar-refractivity contribution in [2.24, 2.45) is 0 Å². The number of likely N-dealkylation sites (N-methyl/N-ethyl adjacent to an activating group) is 1. The van der Waals surface area contributed by atoms with E-state index in [0.717, 1.165) is 57.8 Å². The maximum Gasteiger partial charge on any atom is 0.306 e. The Kier molecular flexibility index (Phi) is 45.2. The van der Waals surface area contributed by atoms with Crippen LogP contribution in [0.5, 0.6) is 0 Å². The molecule has 0 saturated carbocycles. The molecule has 0 saturated heterocycles. The average molecular weight is 904 g/mol. The number of carbonyl (C=O) groups excluding carboxylic acids is 3. The summed E-state index contributed by atoms with van der Waals surface area (Å²) in [5.74, 6) is -2.30. The van der Waals surface area contributed by atoms with Crippen molar-refractivity contribution in [3.05, 3.63) is 36.5 Å². The van der Waals surface area contributed by atoms with Crippen LogP contribution in [0.4, 0.5) is 0 Å². The van der Waals surface area contributed by atoms with E-state index in [9.17, 15) is 19.5 Å². The molecule has 0 bridgehead atoms. The van der Waals surface area contributed by atoms with E-state index in [1.165, 1.54) is 148 Å². The number of rotatable bonds is 49. The first-order valence-corrected chi connectivity index (χ1v) is 26.6. The van der Waals surface area contributed by atoms with Gasteiger partial charge < -0.3 is 33.3 Å². The summed E-state index contributed by atoms with van der Waals surface area (Å²) in [5, 5.41) is 11.7. The van der Waals surface area contributed by atoms with Crippen LogP contribution in [0.1, 0.15) is 239 Å². The lowest BCUT2D eigenvalue weighted by Crippen LogP contribution is -2.44. The molecule has 0 aliphatic heterocycles. The number of hydrogen-bond acceptors (Lipinski definition) is 8. The Balaban J connectivity index is 4.28. The van der Waals surface area contributed by atoms with Gasteiger partial charge in [-0.3, -0.25) is 9.59 Å². The van der Waals surface area contributed by atoms with E-state index in [-0.39, 0.29) is 38.6 Å². The highest BCUT2D eigenvalue weighted by atomic mass is 16.7. The molecule has 9 heteroatoms. The summed E-state index contributed by atoms with van der Waals surface area (Å²) in [4.78, 5) is 37.2. The van der Waals surface area contributed by atoms with Gasteiger partial charge in [-0.05, 0) is 70.6 Å². The highest BCUT2D eigenvalue weighted by Crippen LogP contribution is 2.15. The molecule has 9 nitrogen and oxygen atoms in total. The molecule has 2 unspecified atom stereocenters. The lowest BCUT2D eigenvalue weighted by Gasteiger charge is -2.26. The molecule has 0 rings (SSSR count). The van der Waals surface area contributed by atoms with Gasteiger partial charge in [0, 0.05) is 12.8 Å². The summed E-state index contributed by atoms with van der Waals surface area (Å²) >= 11 is 0. The van der Waals surface area contributed by atoms with Crippen molar-refractivity contribution in [3.63, 3.8) is 0 Å². The van der Waals surface area contributed by atoms with Gasteiger partial charge in [0.2, 0.25) is 0 Å². The third kappa shape index (κ3) is 47.5. The molecule has 0 aromatic carbocycles. The molecule has 0 aromatic rings. The van der Waals surface area contributed by atoms with Gasteiger partial charge in [-0.2, -0.15) is 0 Å². The predicted molar refractivity (Wildman–Crippen MR) is 265 cm³/mol. The van der Waals surface area contributed by atoms with Crippen LogP contribution in [0.15, 0.2) is 36.5 Å². The fourth-order valence-corrected chi connectivity index (χ4v) is 7.44. The Morgan fingerprint density at radius 1 is 0.469 bits per heavy atom. The summed E-state index contributed by atoms with van der Waals surface area (Å²) < 4.78 is 22.6. The molecule has 0 aliphatic rings. The molecule has 0 N–H and O–H groups in total. The van der Waals surface area contributed by atoms with Crippen LogP contribution in [0.2, 0.25) is 0 Å². The lowest BCUT2D eigenvalue weighted by molar-refractivity contribution is -0.870. The zero-order valence-corrected chi connectivity index (χ0v) is 42.4. The van der Waals surface area contributed by atoms with Crippen molar-refractivity contribution in [3.8, 4) is 0 Å². The Morgan fingerprint density at radius 3 is 1.27 bits per heavy atom. The first kappa shape index (κ1) is 61.5. The molecule has 2 atom stereocenters. The molecule has 0 amide bonds. The summed E-state index contributed by atoms with van der Waals surface area (Å²) in [6.07, 6.45) is 51.8. The summed E-state index contributed by atoms with van der Waals surface area (Å²) in [6.45, 7) is 4.73. The minimum Gasteiger partial charge on any atom is -0.545 e. The maximum absolute atomic E-state index is 12.8. The summed E-state index contributed by atoms with van der Waals surface area (Å²) in [6, 6.07) is 0. The van der Waals surface area contributed by atoms with Crippen LogP contribution >= 0.6 is 0 Å². The topological polar surface area (TPSA) is 111 Å². The number of allylic oxidation sites excluding steroid dienone is 6. The molecule has 0 aromatic heterocycles. The van der Waals surface area contributed by atoms with Crippen LogP contribution in [0, 0.1) is 0 Å². The van der Waals surface area contributed by atoms with Crippen molar-refractivity contribution >= 4 is 17.9 Å². The zero-order chi connectivity index (χ0) is 47.0. The van der Waals surface area contributed by atoms with Crippen molar-refractivity contribution in [1.82, 2.24) is 0 Å². The predicted octanol–water partition coefficient (Wildman–Crippen LogP) is 13.6. The van der Waals surface area contributed by atoms with E-state index in [1.54, 1.807) is 0 Å². The standard InChI is InChI=1S/C55H101NO8/c1-6-8-10-12-14-16-18-20-22-24-25-26-27-28-29-30-32-33-35-37-39-41-43-45-52(57)62-49-51(50-63-55(54(59)60)61-48-47-56(3,4)5)64-53(58)46-44-42-40-38-36-34-31-23-21-19-17-15-13-11-9-7-2/h17,19,23-25,31,51,55H,6-16,18,20-22,26-30,32-50H2,1-5H3/b19-17-,25-24-,31-23-. The van der Waals surface area contributed by atoms with Crippen LogP contribution in [-0.4, -0.2) is 82.3 Å². The highest BCUT2D eigenvalue weighted by molar-refractivity contribution is 5.70. The highest BCUT2D eigenvalue weighted by Gasteiger charge is 2.22. The number of quaternary nitrogens is 1. The zero-order valence-electron chi connectivity index (χ0n) is 42.4. The average Bonchev–Trinajstić information content (AvgIpc) is 3.26. The molecule has 0 heterocycles. The van der Waals surface area contributed by atoms with E-state index in [1.807, 2.05) is 21.1 Å². The van der Waals surface area contributed by atoms with Gasteiger partial charge in [0.1, 0.15) is 13.2 Å². The van der Waals surface area contributed by atoms with Gasteiger partial charge in [0.15, 0.2) is 12.4 Å². The van der Waals surface area contributed by atoms with Crippen molar-refractivity contribution in [2.75, 3.05) is 47.5 Å². The number of carbonyl (C=O) groups is 3. The van der Waals surface area contributed by atoms with Gasteiger partial charge in [0.05, 0.1) is 40.3 Å². The normalized spacial score (nSPS) is 13.1. The molecule has 374 valence electrons. The second-order valence-corrected chi connectivity index (χ2v) is 19.2. The fourth-order valence-electron chi connectivity index (χ4n) is 7.44. The number of nitrogens with zero attached hydrogens (tertiary/aromatic N) is 1. The monoisotopic (exact) mass is 904 g/mol. The number of hydrogen-bond donors (Lipinski definition) is 0. The molecule has 0 aliphatic carbocycles. The molecule has 0 fully saturated rings. The second-order valence-electron chi connectivity index (χ2n) is 19.2. The van der Waals surface area contributed by atoms with Crippen molar-refractivity contribution in [1.29, 1.82) is 0 Å². The molecule has 64 heavy (non-hydrogen) atoms. The second kappa shape index (κ2) is 47.0. The Hall–Kier alpha value is -2.49. The number of carboxylic acids is 1. The van der Waals surface area contributed by atoms with Gasteiger partial charge in [-0.25, -0.2) is 0 Å². The van der Waals surface area contributed by atoms with Gasteiger partial charge in [0.25, 0.3) is 0 Å². The molecule has 0 radical (unpaired) electrons. The van der Waals surface area contributed by atoms with Crippen molar-refractivity contribution in [2.45, 2.75) is 251 Å². The van der Waals surface area contributed by atoms with E-state index < -0.39 is 24.3 Å². The number of ether oxygens (including phenoxy) is 4. The Morgan fingerprint density at radius 2 is 0.844 bits per heavy atom. The smallest absolute Gasteiger partial charge is 0.306 e. The van der Waals surface area contributed by atoms with Gasteiger partial charge >= 0.3 is 11.9 Å². The first-order chi connectivity index (χ1) is 31.1. The van der Waals surface area contributed by atoms with Gasteiger partial charge in [-0.15, -0.1) is 0 Å². The van der Waals surface area contributed by atoms with E-state index in [2.05, 4.69) is 50.3 Å². The SMILES string of the molecule is CCCCCC/C=C\C/C=C\CCCCCCCC(=O)OC(COC(=O)CCCCCCCCCCCCC/C=C\CCCCCCCCCC)COC(OCC[N+](C)(C)C)C(=O)[O-]. The van der Waals surface area contributed by atoms with E-state index in [0.29, 0.717) is 17.4 Å². The van der Waals surface area contributed by atoms with Crippen LogP contribution in [0.25, 0.3) is 0 Å². The van der Waals surface area contributed by atoms with Crippen LogP contribution < -0.4 is 5.11 Å². The third-order valence-electron chi connectivity index (χ3n) is 11.6. The quantitative estimate of drug-likeness (QED) is 0.0195. The van der Waals surface area contributed by atoms with E-state index >= 15 is 0 Å². The third-order valence-corrected chi connectivity index (χ3v) is 11.6. The summed E-state index contributed by atoms with van der Waals surface area (Å²) in [7, 11) is 5.91. The number of unbranched alkanes of at least 4 members (excludes halogenated alkanes) is 28. The fraction of sp³-hybridized carbons (Fsp3) is 0.836. The Labute approximate surface area is 394 Å². The minimum absolute atomic E-state index is 0.145. The number of aliphatic carboxylic acids is 1.